The topological polar surface area (TPSA) is 77.2 Å². The molecule has 4 aliphatic rings. The van der Waals surface area contributed by atoms with Crippen LogP contribution in [-0.4, -0.2) is 38.6 Å². The molecule has 0 spiro atoms. The van der Waals surface area contributed by atoms with Crippen molar-refractivity contribution >= 4 is 16.8 Å². The van der Waals surface area contributed by atoms with Crippen LogP contribution in [0.3, 0.4) is 0 Å². The van der Waals surface area contributed by atoms with Crippen molar-refractivity contribution in [3.63, 3.8) is 0 Å². The summed E-state index contributed by atoms with van der Waals surface area (Å²) in [6, 6.07) is 4.02. The van der Waals surface area contributed by atoms with Gasteiger partial charge in [0.2, 0.25) is 0 Å². The van der Waals surface area contributed by atoms with Crippen molar-refractivity contribution in [2.24, 2.45) is 40.4 Å². The van der Waals surface area contributed by atoms with Crippen molar-refractivity contribution in [2.45, 2.75) is 104 Å². The van der Waals surface area contributed by atoms with E-state index >= 15 is 0 Å². The van der Waals surface area contributed by atoms with E-state index in [0.29, 0.717) is 35.3 Å². The second kappa shape index (κ2) is 8.79. The van der Waals surface area contributed by atoms with E-state index in [-0.39, 0.29) is 11.3 Å². The monoisotopic (exact) mass is 507 g/mol. The molecule has 8 atom stereocenters. The number of carbonyl (C=O) groups excluding carboxylic acids is 1. The summed E-state index contributed by atoms with van der Waals surface area (Å²) < 4.78 is 7.31. The minimum atomic E-state index is -0.488. The van der Waals surface area contributed by atoms with E-state index in [1.165, 1.54) is 38.5 Å². The maximum Gasteiger partial charge on any atom is 0.157 e. The van der Waals surface area contributed by atoms with E-state index in [1.54, 1.807) is 11.8 Å². The standard InChI is InChI=1S/C31H45N3O3/c1-6-31-14-13-29(3,36)17-20(31)7-8-21-22-9-10-24(30(22,4)12-11-23(21)31)26(35)18-34-25-15-19(2)16-27(37-5)28(25)32-33-34/h15-16,20-24,36H,6-14,17-18H2,1-5H3/t20-,21-,22-,23-,24+,29+,30-,31-/m0/s1. The summed E-state index contributed by atoms with van der Waals surface area (Å²) >= 11 is 0. The lowest BCUT2D eigenvalue weighted by molar-refractivity contribution is -0.158. The van der Waals surface area contributed by atoms with Gasteiger partial charge < -0.3 is 9.84 Å². The Morgan fingerprint density at radius 3 is 2.68 bits per heavy atom. The maximum atomic E-state index is 13.9. The quantitative estimate of drug-likeness (QED) is 0.528. The molecule has 0 aliphatic heterocycles. The van der Waals surface area contributed by atoms with Gasteiger partial charge >= 0.3 is 0 Å². The van der Waals surface area contributed by atoms with Gasteiger partial charge in [-0.15, -0.1) is 5.10 Å². The first kappa shape index (κ1) is 25.3. The fourth-order valence-corrected chi connectivity index (χ4v) is 10.2. The van der Waals surface area contributed by atoms with Crippen LogP contribution in [-0.2, 0) is 11.3 Å². The van der Waals surface area contributed by atoms with Crippen molar-refractivity contribution in [1.29, 1.82) is 0 Å². The lowest BCUT2D eigenvalue weighted by Gasteiger charge is -2.63. The predicted molar refractivity (Wildman–Crippen MR) is 144 cm³/mol. The summed E-state index contributed by atoms with van der Waals surface area (Å²) in [5.74, 6) is 3.93. The largest absolute Gasteiger partial charge is 0.494 e. The van der Waals surface area contributed by atoms with Crippen molar-refractivity contribution < 1.29 is 14.6 Å². The maximum absolute atomic E-state index is 13.9. The fraction of sp³-hybridized carbons (Fsp3) is 0.774. The SMILES string of the molecule is CC[C@]12CC[C@@](C)(O)C[C@@H]1CC[C@H]1[C@@H]3CC[C@H](C(=O)Cn4nnc5c(OC)cc(C)cc54)[C@@]3(C)CC[C@@H]12. The van der Waals surface area contributed by atoms with Crippen LogP contribution in [0.4, 0.5) is 0 Å². The van der Waals surface area contributed by atoms with E-state index in [4.69, 9.17) is 4.74 Å². The Bertz CT molecular complexity index is 1200. The molecule has 0 radical (unpaired) electrons. The zero-order valence-electron chi connectivity index (χ0n) is 23.4. The molecule has 4 fully saturated rings. The Balaban J connectivity index is 1.23. The molecule has 4 saturated carbocycles. The summed E-state index contributed by atoms with van der Waals surface area (Å²) in [4.78, 5) is 13.9. The number of aliphatic hydroxyl groups is 1. The van der Waals surface area contributed by atoms with Gasteiger partial charge in [0.1, 0.15) is 12.3 Å². The first-order valence-electron chi connectivity index (χ1n) is 14.7. The van der Waals surface area contributed by atoms with Crippen LogP contribution in [0, 0.1) is 47.3 Å². The summed E-state index contributed by atoms with van der Waals surface area (Å²) in [5.41, 5.74) is 2.68. The number of aryl methyl sites for hydroxylation is 1. The number of fused-ring (bicyclic) bond motifs is 6. The number of nitrogens with zero attached hydrogens (tertiary/aromatic N) is 3. The number of rotatable bonds is 5. The molecule has 0 saturated heterocycles. The van der Waals surface area contributed by atoms with E-state index in [9.17, 15) is 9.90 Å². The number of carbonyl (C=O) groups is 1. The molecule has 0 unspecified atom stereocenters. The molecule has 1 heterocycles. The molecule has 37 heavy (non-hydrogen) atoms. The lowest BCUT2D eigenvalue weighted by atomic mass is 9.42. The Kier molecular flexibility index (Phi) is 6.02. The summed E-state index contributed by atoms with van der Waals surface area (Å²) in [7, 11) is 1.65. The van der Waals surface area contributed by atoms with Gasteiger partial charge in [-0.2, -0.15) is 0 Å². The molecule has 0 amide bonds. The molecule has 6 heteroatoms. The normalized spacial score (nSPS) is 41.2. The number of Topliss-reactive ketones (excluding diaryl/α,β-unsaturated/α-hetero) is 1. The highest BCUT2D eigenvalue weighted by molar-refractivity contribution is 5.86. The van der Waals surface area contributed by atoms with E-state index in [1.807, 2.05) is 13.0 Å². The summed E-state index contributed by atoms with van der Waals surface area (Å²) in [5, 5.41) is 19.6. The second-order valence-corrected chi connectivity index (χ2v) is 13.7. The van der Waals surface area contributed by atoms with Crippen molar-refractivity contribution in [2.75, 3.05) is 7.11 Å². The molecule has 1 aromatic heterocycles. The van der Waals surface area contributed by atoms with Crippen LogP contribution >= 0.6 is 0 Å². The number of benzene rings is 1. The number of hydrogen-bond donors (Lipinski definition) is 1. The molecule has 1 aromatic carbocycles. The average Bonchev–Trinajstić information content (AvgIpc) is 3.43. The lowest BCUT2D eigenvalue weighted by Crippen LogP contribution is -2.56. The van der Waals surface area contributed by atoms with E-state index < -0.39 is 5.60 Å². The second-order valence-electron chi connectivity index (χ2n) is 13.7. The van der Waals surface area contributed by atoms with Crippen LogP contribution in [0.15, 0.2) is 12.1 Å². The van der Waals surface area contributed by atoms with Crippen LogP contribution in [0.1, 0.15) is 90.5 Å². The Morgan fingerprint density at radius 2 is 1.92 bits per heavy atom. The van der Waals surface area contributed by atoms with E-state index in [0.717, 1.165) is 54.1 Å². The average molecular weight is 508 g/mol. The first-order valence-corrected chi connectivity index (χ1v) is 14.7. The summed E-state index contributed by atoms with van der Waals surface area (Å²) in [6.45, 7) is 9.23. The third-order valence-electron chi connectivity index (χ3n) is 12.0. The molecule has 4 aliphatic carbocycles. The van der Waals surface area contributed by atoms with Crippen molar-refractivity contribution in [3.05, 3.63) is 17.7 Å². The molecule has 1 N–H and O–H groups in total. The first-order chi connectivity index (χ1) is 17.6. The highest BCUT2D eigenvalue weighted by Gasteiger charge is 2.62. The van der Waals surface area contributed by atoms with Gasteiger partial charge in [-0.25, -0.2) is 4.68 Å². The highest BCUT2D eigenvalue weighted by atomic mass is 16.5. The van der Waals surface area contributed by atoms with Gasteiger partial charge in [0.15, 0.2) is 11.3 Å². The molecule has 6 rings (SSSR count). The third-order valence-corrected chi connectivity index (χ3v) is 12.0. The Labute approximate surface area is 221 Å². The smallest absolute Gasteiger partial charge is 0.157 e. The summed E-state index contributed by atoms with van der Waals surface area (Å²) in [6.07, 6.45) is 11.5. The number of methoxy groups -OCH3 is 1. The molecule has 6 nitrogen and oxygen atoms in total. The zero-order chi connectivity index (χ0) is 26.2. The van der Waals surface area contributed by atoms with Crippen LogP contribution < -0.4 is 4.74 Å². The van der Waals surface area contributed by atoms with Crippen LogP contribution in [0.25, 0.3) is 11.0 Å². The molecule has 2 aromatic rings. The fourth-order valence-electron chi connectivity index (χ4n) is 10.2. The van der Waals surface area contributed by atoms with Gasteiger partial charge in [-0.3, -0.25) is 4.79 Å². The number of hydrogen-bond acceptors (Lipinski definition) is 5. The number of aromatic nitrogens is 3. The molecular weight excluding hydrogens is 462 g/mol. The zero-order valence-corrected chi connectivity index (χ0v) is 23.4. The molecule has 0 bridgehead atoms. The van der Waals surface area contributed by atoms with Gasteiger partial charge in [-0.1, -0.05) is 19.1 Å². The number of ketones is 1. The number of ether oxygens (including phenoxy) is 1. The highest BCUT2D eigenvalue weighted by Crippen LogP contribution is 2.69. The van der Waals surface area contributed by atoms with Gasteiger partial charge in [0.25, 0.3) is 0 Å². The predicted octanol–water partition coefficient (Wildman–Crippen LogP) is 6.12. The minimum absolute atomic E-state index is 0.0875. The van der Waals surface area contributed by atoms with Crippen LogP contribution in [0.2, 0.25) is 0 Å². The van der Waals surface area contributed by atoms with Crippen molar-refractivity contribution in [1.82, 2.24) is 15.0 Å². The minimum Gasteiger partial charge on any atom is -0.494 e. The van der Waals surface area contributed by atoms with Gasteiger partial charge in [0, 0.05) is 5.92 Å². The third kappa shape index (κ3) is 3.79. The van der Waals surface area contributed by atoms with E-state index in [2.05, 4.69) is 37.1 Å². The van der Waals surface area contributed by atoms with Gasteiger partial charge in [0.05, 0.1) is 18.2 Å². The van der Waals surface area contributed by atoms with Gasteiger partial charge in [-0.05, 0) is 130 Å². The van der Waals surface area contributed by atoms with Crippen molar-refractivity contribution in [3.8, 4) is 5.75 Å². The van der Waals surface area contributed by atoms with Crippen LogP contribution in [0.5, 0.6) is 5.75 Å². The Hall–Kier alpha value is -1.95. The molecular formula is C31H45N3O3. The molecule has 202 valence electrons. The Morgan fingerprint density at radius 1 is 1.11 bits per heavy atom.